The van der Waals surface area contributed by atoms with E-state index in [-0.39, 0.29) is 0 Å². The van der Waals surface area contributed by atoms with Crippen molar-refractivity contribution in [1.82, 2.24) is 0 Å². The first kappa shape index (κ1) is 26.3. The quantitative estimate of drug-likeness (QED) is 0.328. The van der Waals surface area contributed by atoms with Crippen LogP contribution in [0.2, 0.25) is 0 Å². The van der Waals surface area contributed by atoms with Crippen molar-refractivity contribution in [2.45, 2.75) is 139 Å². The molecule has 1 heteroatoms. The van der Waals surface area contributed by atoms with Crippen molar-refractivity contribution < 1.29 is 4.74 Å². The second-order valence-corrected chi connectivity index (χ2v) is 15.9. The van der Waals surface area contributed by atoms with Gasteiger partial charge in [0.1, 0.15) is 0 Å². The van der Waals surface area contributed by atoms with E-state index in [0.717, 1.165) is 23.7 Å². The van der Waals surface area contributed by atoms with Crippen LogP contribution < -0.4 is 0 Å². The van der Waals surface area contributed by atoms with Crippen LogP contribution in [0.15, 0.2) is 12.2 Å². The molecule has 0 bridgehead atoms. The highest BCUT2D eigenvalue weighted by Crippen LogP contribution is 2.89. The number of hydrogen-bond acceptors (Lipinski definition) is 1. The molecule has 1 nitrogen and oxygen atoms in total. The third kappa shape index (κ3) is 3.21. The van der Waals surface area contributed by atoms with E-state index in [1.807, 2.05) is 7.11 Å². The van der Waals surface area contributed by atoms with E-state index in [2.05, 4.69) is 62.0 Å². The van der Waals surface area contributed by atoms with Crippen molar-refractivity contribution in [3.63, 3.8) is 0 Å². The monoisotopic (exact) mass is 482 g/mol. The van der Waals surface area contributed by atoms with Crippen molar-refractivity contribution in [3.05, 3.63) is 12.2 Å². The molecule has 0 N–H and O–H groups in total. The minimum Gasteiger partial charge on any atom is -0.381 e. The number of fused-ring (bicyclic) bond motifs is 2. The average molecular weight is 483 g/mol. The van der Waals surface area contributed by atoms with E-state index in [4.69, 9.17) is 4.74 Å². The highest BCUT2D eigenvalue weighted by Gasteiger charge is 2.82. The first-order valence-corrected chi connectivity index (χ1v) is 15.5. The highest BCUT2D eigenvalue weighted by molar-refractivity contribution is 5.30. The Labute approximate surface area is 218 Å². The van der Waals surface area contributed by atoms with Gasteiger partial charge in [0.05, 0.1) is 6.10 Å². The van der Waals surface area contributed by atoms with E-state index < -0.39 is 0 Å². The van der Waals surface area contributed by atoms with E-state index in [1.54, 1.807) is 6.42 Å². The van der Waals surface area contributed by atoms with Gasteiger partial charge in [-0.05, 0) is 140 Å². The Balaban J connectivity index is 1.37. The average Bonchev–Trinajstić information content (AvgIpc) is 3.39. The van der Waals surface area contributed by atoms with Gasteiger partial charge in [-0.25, -0.2) is 0 Å². The summed E-state index contributed by atoms with van der Waals surface area (Å²) in [4.78, 5) is 0. The molecule has 0 unspecified atom stereocenters. The molecule has 0 aromatic carbocycles. The normalized spacial score (nSPS) is 50.2. The molecule has 2 spiro atoms. The fourth-order valence-corrected chi connectivity index (χ4v) is 12.1. The van der Waals surface area contributed by atoms with Crippen LogP contribution in [0.5, 0.6) is 0 Å². The molecule has 0 amide bonds. The minimum atomic E-state index is 0.320. The summed E-state index contributed by atoms with van der Waals surface area (Å²) in [5.74, 6) is 3.59. The zero-order valence-corrected chi connectivity index (χ0v) is 25.0. The lowest BCUT2D eigenvalue weighted by Crippen LogP contribution is -2.57. The maximum absolute atomic E-state index is 6.06. The first-order chi connectivity index (χ1) is 16.3. The lowest BCUT2D eigenvalue weighted by molar-refractivity contribution is -0.166. The minimum absolute atomic E-state index is 0.320. The van der Waals surface area contributed by atoms with E-state index >= 15 is 0 Å². The Hall–Kier alpha value is -0.300. The second-order valence-electron chi connectivity index (χ2n) is 15.9. The molecule has 5 saturated carbocycles. The molecule has 5 rings (SSSR count). The summed E-state index contributed by atoms with van der Waals surface area (Å²) in [6.45, 7) is 24.7. The Morgan fingerprint density at radius 1 is 0.943 bits per heavy atom. The lowest BCUT2D eigenvalue weighted by atomic mass is 9.41. The number of rotatable bonds is 7. The van der Waals surface area contributed by atoms with Crippen molar-refractivity contribution in [2.24, 2.45) is 56.2 Å². The molecule has 5 aliphatic rings. The highest BCUT2D eigenvalue weighted by atomic mass is 16.5. The van der Waals surface area contributed by atoms with E-state index in [1.165, 1.54) is 76.2 Å². The van der Waals surface area contributed by atoms with Crippen LogP contribution in [0.4, 0.5) is 0 Å². The predicted octanol–water partition coefficient (Wildman–Crippen LogP) is 9.85. The molecular formula is C34H58O. The van der Waals surface area contributed by atoms with Crippen LogP contribution in [-0.2, 0) is 4.74 Å². The third-order valence-electron chi connectivity index (χ3n) is 15.0. The van der Waals surface area contributed by atoms with Crippen LogP contribution >= 0.6 is 0 Å². The Kier molecular flexibility index (Phi) is 6.09. The summed E-state index contributed by atoms with van der Waals surface area (Å²) < 4.78 is 6.06. The van der Waals surface area contributed by atoms with Gasteiger partial charge < -0.3 is 4.74 Å². The van der Waals surface area contributed by atoms with Crippen LogP contribution in [0.25, 0.3) is 0 Å². The Morgan fingerprint density at radius 3 is 2.23 bits per heavy atom. The van der Waals surface area contributed by atoms with Gasteiger partial charge in [0.2, 0.25) is 0 Å². The number of hydrogen-bond donors (Lipinski definition) is 0. The predicted molar refractivity (Wildman–Crippen MR) is 149 cm³/mol. The second kappa shape index (κ2) is 8.10. The van der Waals surface area contributed by atoms with Gasteiger partial charge in [0, 0.05) is 7.11 Å². The summed E-state index contributed by atoms with van der Waals surface area (Å²) in [5, 5.41) is 0. The fraction of sp³-hybridized carbons (Fsp3) is 0.941. The lowest BCUT2D eigenvalue weighted by Gasteiger charge is -2.63. The van der Waals surface area contributed by atoms with Gasteiger partial charge in [-0.15, -0.1) is 0 Å². The molecule has 0 aromatic rings. The third-order valence-corrected chi connectivity index (χ3v) is 15.0. The molecule has 0 heterocycles. The van der Waals surface area contributed by atoms with Gasteiger partial charge in [-0.3, -0.25) is 0 Å². The maximum Gasteiger partial charge on any atom is 0.0625 e. The van der Waals surface area contributed by atoms with Crippen LogP contribution in [-0.4, -0.2) is 13.2 Å². The molecule has 0 radical (unpaired) electrons. The zero-order valence-electron chi connectivity index (χ0n) is 25.0. The van der Waals surface area contributed by atoms with E-state index in [9.17, 15) is 0 Å². The molecule has 35 heavy (non-hydrogen) atoms. The molecule has 0 saturated heterocycles. The molecule has 0 aromatic heterocycles. The maximum atomic E-state index is 6.06. The molecule has 10 atom stereocenters. The Bertz CT molecular complexity index is 857. The summed E-state index contributed by atoms with van der Waals surface area (Å²) in [7, 11) is 1.96. The summed E-state index contributed by atoms with van der Waals surface area (Å²) in [5.41, 5.74) is 4.43. The van der Waals surface area contributed by atoms with Crippen molar-refractivity contribution in [3.8, 4) is 0 Å². The fourth-order valence-electron chi connectivity index (χ4n) is 12.1. The molecule has 200 valence electrons. The SMILES string of the molecule is C=C(C)[C@](C)(CC)CC[C@@H](C)[C@H]1CC[C@@]2(C)[C@@H]3CC[C@H]4C(C)(C)[C@@H](OC)CC[C@@]45C[C@@]35CC[C@]12C. The standard InChI is InChI=1S/C34H58O/c1-11-30(7,23(2)3)17-14-24(4)25-15-18-32(9)27-13-12-26-29(5,6)28(35-10)16-19-33(26)22-34(27,33)21-20-31(25,32)8/h24-28H,2,11-22H2,1,3-10H3/t24-,25-,26+,27+,28+,30-,31-,32+,33-,34+/m1/s1. The van der Waals surface area contributed by atoms with Crippen LogP contribution in [0.3, 0.4) is 0 Å². The summed E-state index contributed by atoms with van der Waals surface area (Å²) in [6, 6.07) is 0. The van der Waals surface area contributed by atoms with Crippen molar-refractivity contribution in [2.75, 3.05) is 7.11 Å². The number of allylic oxidation sites excluding steroid dienone is 1. The molecule has 5 aliphatic carbocycles. The van der Waals surface area contributed by atoms with Gasteiger partial charge in [-0.1, -0.05) is 60.6 Å². The number of methoxy groups -OCH3 is 1. The van der Waals surface area contributed by atoms with E-state index in [0.29, 0.717) is 38.6 Å². The van der Waals surface area contributed by atoms with Crippen molar-refractivity contribution in [1.29, 1.82) is 0 Å². The summed E-state index contributed by atoms with van der Waals surface area (Å²) >= 11 is 0. The van der Waals surface area contributed by atoms with Gasteiger partial charge in [0.25, 0.3) is 0 Å². The van der Waals surface area contributed by atoms with Crippen LogP contribution in [0, 0.1) is 56.2 Å². The van der Waals surface area contributed by atoms with Gasteiger partial charge in [0.15, 0.2) is 0 Å². The number of ether oxygens (including phenoxy) is 1. The molecule has 0 aliphatic heterocycles. The topological polar surface area (TPSA) is 9.23 Å². The largest absolute Gasteiger partial charge is 0.381 e. The van der Waals surface area contributed by atoms with Gasteiger partial charge in [-0.2, -0.15) is 0 Å². The molecular weight excluding hydrogens is 424 g/mol. The molecule has 5 fully saturated rings. The summed E-state index contributed by atoms with van der Waals surface area (Å²) in [6.07, 6.45) is 17.6. The van der Waals surface area contributed by atoms with Crippen molar-refractivity contribution >= 4 is 0 Å². The first-order valence-electron chi connectivity index (χ1n) is 15.5. The Morgan fingerprint density at radius 2 is 1.60 bits per heavy atom. The van der Waals surface area contributed by atoms with Crippen LogP contribution in [0.1, 0.15) is 132 Å². The van der Waals surface area contributed by atoms with Gasteiger partial charge >= 0.3 is 0 Å². The smallest absolute Gasteiger partial charge is 0.0625 e. The zero-order chi connectivity index (χ0) is 25.7.